The molecule has 7 N–H and O–H groups in total. The van der Waals surface area contributed by atoms with Crippen LogP contribution in [0.3, 0.4) is 0 Å². The SMILES string of the molecule is O=C(O)C(Cc1ccccc1)NC(=O)C(Cc1cnc[nH]1)NC(=O)C(CO)NC(=O)C1CCCN1. The third-order valence-corrected chi connectivity index (χ3v) is 5.70. The molecule has 35 heavy (non-hydrogen) atoms. The van der Waals surface area contributed by atoms with Crippen LogP contribution in [-0.4, -0.2) is 81.2 Å². The molecule has 2 heterocycles. The number of H-pyrrole nitrogens is 1. The summed E-state index contributed by atoms with van der Waals surface area (Å²) in [6.07, 6.45) is 4.37. The van der Waals surface area contributed by atoms with E-state index < -0.39 is 54.5 Å². The third-order valence-electron chi connectivity index (χ3n) is 5.70. The lowest BCUT2D eigenvalue weighted by Crippen LogP contribution is -2.58. The van der Waals surface area contributed by atoms with Gasteiger partial charge >= 0.3 is 5.97 Å². The molecule has 12 nitrogen and oxygen atoms in total. The van der Waals surface area contributed by atoms with Crippen LogP contribution in [0.5, 0.6) is 0 Å². The summed E-state index contributed by atoms with van der Waals surface area (Å²) in [5.74, 6) is -3.14. The van der Waals surface area contributed by atoms with Crippen LogP contribution >= 0.6 is 0 Å². The predicted molar refractivity (Wildman–Crippen MR) is 124 cm³/mol. The van der Waals surface area contributed by atoms with E-state index in [1.54, 1.807) is 30.3 Å². The lowest BCUT2D eigenvalue weighted by molar-refractivity contribution is -0.142. The van der Waals surface area contributed by atoms with Crippen molar-refractivity contribution in [2.75, 3.05) is 13.2 Å². The van der Waals surface area contributed by atoms with E-state index in [9.17, 15) is 29.4 Å². The fourth-order valence-corrected chi connectivity index (χ4v) is 3.79. The number of aliphatic hydroxyl groups is 1. The summed E-state index contributed by atoms with van der Waals surface area (Å²) in [4.78, 5) is 56.8. The predicted octanol–water partition coefficient (Wildman–Crippen LogP) is -1.52. The highest BCUT2D eigenvalue weighted by molar-refractivity contribution is 5.94. The first kappa shape index (κ1) is 25.8. The second kappa shape index (κ2) is 12.6. The molecule has 188 valence electrons. The lowest BCUT2D eigenvalue weighted by atomic mass is 10.0. The molecule has 4 atom stereocenters. The van der Waals surface area contributed by atoms with E-state index in [-0.39, 0.29) is 12.8 Å². The van der Waals surface area contributed by atoms with Gasteiger partial charge in [-0.25, -0.2) is 9.78 Å². The van der Waals surface area contributed by atoms with Gasteiger partial charge in [0.2, 0.25) is 17.7 Å². The zero-order chi connectivity index (χ0) is 25.2. The second-order valence-electron chi connectivity index (χ2n) is 8.32. The maximum Gasteiger partial charge on any atom is 0.326 e. The number of hydrogen-bond donors (Lipinski definition) is 7. The molecule has 0 spiro atoms. The molecule has 0 radical (unpaired) electrons. The highest BCUT2D eigenvalue weighted by Crippen LogP contribution is 2.07. The number of aromatic amines is 1. The van der Waals surface area contributed by atoms with Crippen molar-refractivity contribution in [1.29, 1.82) is 0 Å². The van der Waals surface area contributed by atoms with Crippen molar-refractivity contribution in [3.63, 3.8) is 0 Å². The Hall–Kier alpha value is -3.77. The Morgan fingerprint density at radius 2 is 1.71 bits per heavy atom. The number of carbonyl (C=O) groups is 4. The van der Waals surface area contributed by atoms with Crippen molar-refractivity contribution >= 4 is 23.7 Å². The molecule has 3 amide bonds. The first-order valence-electron chi connectivity index (χ1n) is 11.4. The Morgan fingerprint density at radius 1 is 1.00 bits per heavy atom. The molecular weight excluding hydrogens is 456 g/mol. The number of carboxylic acids is 1. The molecular formula is C23H30N6O6. The number of aromatic nitrogens is 2. The van der Waals surface area contributed by atoms with Crippen LogP contribution in [0.25, 0.3) is 0 Å². The topological polar surface area (TPSA) is 186 Å². The maximum atomic E-state index is 13.1. The Kier molecular flexibility index (Phi) is 9.32. The molecule has 1 aliphatic rings. The van der Waals surface area contributed by atoms with Gasteiger partial charge < -0.3 is 36.5 Å². The lowest BCUT2D eigenvalue weighted by Gasteiger charge is -2.24. The van der Waals surface area contributed by atoms with E-state index in [2.05, 4.69) is 31.2 Å². The number of nitrogens with zero attached hydrogens (tertiary/aromatic N) is 1. The van der Waals surface area contributed by atoms with Gasteiger partial charge in [0.1, 0.15) is 18.1 Å². The minimum absolute atomic E-state index is 0.00841. The fraction of sp³-hybridized carbons (Fsp3) is 0.435. The van der Waals surface area contributed by atoms with Crippen molar-refractivity contribution in [2.45, 2.75) is 49.9 Å². The van der Waals surface area contributed by atoms with Gasteiger partial charge in [-0.05, 0) is 24.9 Å². The Balaban J connectivity index is 1.69. The number of rotatable bonds is 12. The van der Waals surface area contributed by atoms with Gasteiger partial charge in [-0.2, -0.15) is 0 Å². The number of carbonyl (C=O) groups excluding carboxylic acids is 3. The van der Waals surface area contributed by atoms with Gasteiger partial charge in [0.05, 0.1) is 19.0 Å². The maximum absolute atomic E-state index is 13.1. The third kappa shape index (κ3) is 7.62. The molecule has 2 aromatic rings. The Labute approximate surface area is 201 Å². The van der Waals surface area contributed by atoms with Crippen LogP contribution in [0.4, 0.5) is 0 Å². The van der Waals surface area contributed by atoms with Crippen LogP contribution in [0.2, 0.25) is 0 Å². The van der Waals surface area contributed by atoms with E-state index in [0.29, 0.717) is 18.7 Å². The Morgan fingerprint density at radius 3 is 2.31 bits per heavy atom. The molecule has 0 aliphatic carbocycles. The monoisotopic (exact) mass is 486 g/mol. The molecule has 0 saturated carbocycles. The minimum atomic E-state index is -1.28. The highest BCUT2D eigenvalue weighted by Gasteiger charge is 2.31. The van der Waals surface area contributed by atoms with E-state index >= 15 is 0 Å². The molecule has 1 aliphatic heterocycles. The van der Waals surface area contributed by atoms with E-state index in [0.717, 1.165) is 12.0 Å². The van der Waals surface area contributed by atoms with Gasteiger partial charge in [0, 0.05) is 24.7 Å². The van der Waals surface area contributed by atoms with Crippen molar-refractivity contribution in [1.82, 2.24) is 31.2 Å². The van der Waals surface area contributed by atoms with Crippen LogP contribution in [-0.2, 0) is 32.0 Å². The van der Waals surface area contributed by atoms with Crippen molar-refractivity contribution in [3.8, 4) is 0 Å². The van der Waals surface area contributed by atoms with Gasteiger partial charge in [-0.15, -0.1) is 0 Å². The average Bonchev–Trinajstić information content (AvgIpc) is 3.56. The van der Waals surface area contributed by atoms with Crippen molar-refractivity contribution < 1.29 is 29.4 Å². The summed E-state index contributed by atoms with van der Waals surface area (Å²) in [5, 5.41) is 29.8. The number of benzene rings is 1. The number of aliphatic hydroxyl groups excluding tert-OH is 1. The summed E-state index contributed by atoms with van der Waals surface area (Å²) < 4.78 is 0. The summed E-state index contributed by atoms with van der Waals surface area (Å²) in [6, 6.07) is 4.69. The number of nitrogens with one attached hydrogen (secondary N) is 5. The standard InChI is InChI=1S/C23H30N6O6/c30-12-19(29-20(31)16-7-4-8-25-16)22(33)27-17(10-15-11-24-13-26-15)21(32)28-18(23(34)35)9-14-5-2-1-3-6-14/h1-3,5-6,11,13,16-19,25,30H,4,7-10,12H2,(H,24,26)(H,27,33)(H,28,32)(H,29,31)(H,34,35). The fourth-order valence-electron chi connectivity index (χ4n) is 3.79. The summed E-state index contributed by atoms with van der Waals surface area (Å²) in [6.45, 7) is 0.0165. The first-order valence-corrected chi connectivity index (χ1v) is 11.4. The minimum Gasteiger partial charge on any atom is -0.480 e. The van der Waals surface area contributed by atoms with E-state index in [1.165, 1.54) is 12.5 Å². The molecule has 1 fully saturated rings. The zero-order valence-electron chi connectivity index (χ0n) is 19.1. The van der Waals surface area contributed by atoms with E-state index in [1.807, 2.05) is 0 Å². The smallest absolute Gasteiger partial charge is 0.326 e. The van der Waals surface area contributed by atoms with Crippen LogP contribution < -0.4 is 21.3 Å². The van der Waals surface area contributed by atoms with Crippen LogP contribution in [0, 0.1) is 0 Å². The van der Waals surface area contributed by atoms with Gasteiger partial charge in [-0.3, -0.25) is 14.4 Å². The summed E-state index contributed by atoms with van der Waals surface area (Å²) in [5.41, 5.74) is 1.25. The normalized spacial score (nSPS) is 17.7. The van der Waals surface area contributed by atoms with E-state index in [4.69, 9.17) is 0 Å². The van der Waals surface area contributed by atoms with Crippen molar-refractivity contribution in [3.05, 3.63) is 54.1 Å². The molecule has 0 bridgehead atoms. The van der Waals surface area contributed by atoms with Gasteiger partial charge in [-0.1, -0.05) is 30.3 Å². The number of carboxylic acid groups (broad SMARTS) is 1. The Bertz CT molecular complexity index is 993. The quantitative estimate of drug-likeness (QED) is 0.188. The molecule has 1 aromatic heterocycles. The molecule has 4 unspecified atom stereocenters. The molecule has 1 aromatic carbocycles. The highest BCUT2D eigenvalue weighted by atomic mass is 16.4. The van der Waals surface area contributed by atoms with Gasteiger partial charge in [0.15, 0.2) is 0 Å². The molecule has 3 rings (SSSR count). The largest absolute Gasteiger partial charge is 0.480 e. The zero-order valence-corrected chi connectivity index (χ0v) is 19.1. The summed E-state index contributed by atoms with van der Waals surface area (Å²) >= 11 is 0. The first-order chi connectivity index (χ1) is 16.9. The number of amides is 3. The number of imidazole rings is 1. The second-order valence-corrected chi connectivity index (χ2v) is 8.32. The number of hydrogen-bond acceptors (Lipinski definition) is 7. The van der Waals surface area contributed by atoms with Crippen LogP contribution in [0.15, 0.2) is 42.9 Å². The number of aliphatic carboxylic acids is 1. The van der Waals surface area contributed by atoms with Gasteiger partial charge in [0.25, 0.3) is 0 Å². The molecule has 12 heteroatoms. The van der Waals surface area contributed by atoms with Crippen LogP contribution in [0.1, 0.15) is 24.1 Å². The summed E-state index contributed by atoms with van der Waals surface area (Å²) in [7, 11) is 0. The molecule has 1 saturated heterocycles. The average molecular weight is 487 g/mol. The van der Waals surface area contributed by atoms with Crippen molar-refractivity contribution in [2.24, 2.45) is 0 Å².